The van der Waals surface area contributed by atoms with Crippen LogP contribution in [0, 0.1) is 17.5 Å². The van der Waals surface area contributed by atoms with Crippen molar-refractivity contribution in [2.24, 2.45) is 0 Å². The van der Waals surface area contributed by atoms with E-state index in [9.17, 15) is 18.0 Å². The standard InChI is InChI=1S/C14H10F3NO/c15-10-6-8(7-11(16)14(10)17)18-5-4-9-12(18)2-1-3-13(9)19/h4-7H,1-3H2. The molecule has 19 heavy (non-hydrogen) atoms. The molecule has 1 heterocycles. The normalized spacial score (nSPS) is 14.6. The first-order valence-electron chi connectivity index (χ1n) is 5.96. The fourth-order valence-electron chi connectivity index (χ4n) is 2.45. The van der Waals surface area contributed by atoms with E-state index in [-0.39, 0.29) is 11.5 Å². The Balaban J connectivity index is 2.16. The smallest absolute Gasteiger partial charge is 0.194 e. The van der Waals surface area contributed by atoms with Crippen LogP contribution in [0.3, 0.4) is 0 Å². The predicted octanol–water partition coefficient (Wildman–Crippen LogP) is 3.41. The molecule has 98 valence electrons. The lowest BCUT2D eigenvalue weighted by Gasteiger charge is -2.15. The summed E-state index contributed by atoms with van der Waals surface area (Å²) in [6.07, 6.45) is 3.44. The molecule has 3 rings (SSSR count). The predicted molar refractivity (Wildman–Crippen MR) is 62.9 cm³/mol. The maximum Gasteiger partial charge on any atom is 0.194 e. The third-order valence-electron chi connectivity index (χ3n) is 3.36. The van der Waals surface area contributed by atoms with Crippen molar-refractivity contribution in [2.75, 3.05) is 0 Å². The second-order valence-electron chi connectivity index (χ2n) is 4.55. The van der Waals surface area contributed by atoms with Crippen LogP contribution in [0.15, 0.2) is 24.4 Å². The first-order valence-corrected chi connectivity index (χ1v) is 5.96. The highest BCUT2D eigenvalue weighted by Crippen LogP contribution is 2.26. The van der Waals surface area contributed by atoms with Crippen molar-refractivity contribution in [3.8, 4) is 5.69 Å². The highest BCUT2D eigenvalue weighted by molar-refractivity contribution is 5.98. The minimum atomic E-state index is -1.49. The molecule has 5 heteroatoms. The van der Waals surface area contributed by atoms with Crippen molar-refractivity contribution in [3.63, 3.8) is 0 Å². The maximum atomic E-state index is 13.2. The Bertz CT molecular complexity index is 652. The highest BCUT2D eigenvalue weighted by atomic mass is 19.2. The third-order valence-corrected chi connectivity index (χ3v) is 3.36. The zero-order valence-corrected chi connectivity index (χ0v) is 9.92. The number of ketones is 1. The fourth-order valence-corrected chi connectivity index (χ4v) is 2.45. The van der Waals surface area contributed by atoms with Gasteiger partial charge in [-0.1, -0.05) is 0 Å². The van der Waals surface area contributed by atoms with Crippen LogP contribution in [0.2, 0.25) is 0 Å². The number of Topliss-reactive ketones (excluding diaryl/α,β-unsaturated/α-hetero) is 1. The molecule has 0 unspecified atom stereocenters. The molecule has 0 saturated carbocycles. The molecule has 0 N–H and O–H groups in total. The van der Waals surface area contributed by atoms with Gasteiger partial charge in [-0.3, -0.25) is 4.79 Å². The Morgan fingerprint density at radius 2 is 1.74 bits per heavy atom. The Labute approximate surface area is 107 Å². The Morgan fingerprint density at radius 3 is 2.42 bits per heavy atom. The molecule has 2 aromatic rings. The van der Waals surface area contributed by atoms with Crippen molar-refractivity contribution in [2.45, 2.75) is 19.3 Å². The largest absolute Gasteiger partial charge is 0.320 e. The average Bonchev–Trinajstić information content (AvgIpc) is 2.80. The van der Waals surface area contributed by atoms with E-state index in [0.29, 0.717) is 24.8 Å². The van der Waals surface area contributed by atoms with Gasteiger partial charge in [-0.25, -0.2) is 13.2 Å². The van der Waals surface area contributed by atoms with Crippen molar-refractivity contribution >= 4 is 5.78 Å². The molecule has 1 aliphatic carbocycles. The summed E-state index contributed by atoms with van der Waals surface area (Å²) in [5.41, 5.74) is 1.49. The molecular formula is C14H10F3NO. The Morgan fingerprint density at radius 1 is 1.05 bits per heavy atom. The minimum absolute atomic E-state index is 0.0306. The molecule has 1 aromatic heterocycles. The quantitative estimate of drug-likeness (QED) is 0.724. The van der Waals surface area contributed by atoms with Gasteiger partial charge in [0, 0.05) is 36.0 Å². The summed E-state index contributed by atoms with van der Waals surface area (Å²) >= 11 is 0. The fraction of sp³-hybridized carbons (Fsp3) is 0.214. The number of hydrogen-bond acceptors (Lipinski definition) is 1. The molecule has 1 aliphatic rings. The van der Waals surface area contributed by atoms with Gasteiger partial charge in [-0.15, -0.1) is 0 Å². The summed E-state index contributed by atoms with van der Waals surface area (Å²) in [5.74, 6) is -3.93. The third kappa shape index (κ3) is 1.85. The number of halogens is 3. The Kier molecular flexibility index (Phi) is 2.69. The number of benzene rings is 1. The molecule has 0 radical (unpaired) electrons. The molecule has 0 amide bonds. The summed E-state index contributed by atoms with van der Waals surface area (Å²) in [6.45, 7) is 0. The lowest BCUT2D eigenvalue weighted by Crippen LogP contribution is -2.12. The zero-order valence-electron chi connectivity index (χ0n) is 9.92. The van der Waals surface area contributed by atoms with E-state index in [2.05, 4.69) is 0 Å². The number of rotatable bonds is 1. The first kappa shape index (κ1) is 12.0. The van der Waals surface area contributed by atoms with Crippen LogP contribution in [0.5, 0.6) is 0 Å². The summed E-state index contributed by atoms with van der Waals surface area (Å²) in [7, 11) is 0. The van der Waals surface area contributed by atoms with Crippen LogP contribution in [-0.4, -0.2) is 10.4 Å². The van der Waals surface area contributed by atoms with Crippen LogP contribution in [0.4, 0.5) is 13.2 Å². The molecule has 0 atom stereocenters. The molecule has 1 aromatic carbocycles. The van der Waals surface area contributed by atoms with Gasteiger partial charge in [0.25, 0.3) is 0 Å². The van der Waals surface area contributed by atoms with E-state index in [1.807, 2.05) is 0 Å². The zero-order chi connectivity index (χ0) is 13.6. The molecule has 0 spiro atoms. The van der Waals surface area contributed by atoms with Crippen LogP contribution in [0.1, 0.15) is 28.9 Å². The number of hydrogen-bond donors (Lipinski definition) is 0. The maximum absolute atomic E-state index is 13.2. The van der Waals surface area contributed by atoms with E-state index >= 15 is 0 Å². The second-order valence-corrected chi connectivity index (χ2v) is 4.55. The van der Waals surface area contributed by atoms with Gasteiger partial charge in [-0.05, 0) is 18.9 Å². The van der Waals surface area contributed by atoms with Crippen molar-refractivity contribution in [1.82, 2.24) is 4.57 Å². The number of carbonyl (C=O) groups is 1. The van der Waals surface area contributed by atoms with Crippen molar-refractivity contribution in [1.29, 1.82) is 0 Å². The topological polar surface area (TPSA) is 22.0 Å². The van der Waals surface area contributed by atoms with Gasteiger partial charge in [0.2, 0.25) is 0 Å². The number of aromatic nitrogens is 1. The van der Waals surface area contributed by atoms with Gasteiger partial charge in [0.1, 0.15) is 0 Å². The monoisotopic (exact) mass is 265 g/mol. The first-order chi connectivity index (χ1) is 9.08. The molecule has 0 aliphatic heterocycles. The number of carbonyl (C=O) groups excluding carboxylic acids is 1. The van der Waals surface area contributed by atoms with E-state index in [1.54, 1.807) is 12.3 Å². The molecule has 0 fully saturated rings. The lowest BCUT2D eigenvalue weighted by molar-refractivity contribution is 0.0972. The summed E-state index contributed by atoms with van der Waals surface area (Å²) in [4.78, 5) is 11.7. The van der Waals surface area contributed by atoms with E-state index in [4.69, 9.17) is 0 Å². The summed E-state index contributed by atoms with van der Waals surface area (Å²) in [6, 6.07) is 3.49. The lowest BCUT2D eigenvalue weighted by atomic mass is 9.97. The number of fused-ring (bicyclic) bond motifs is 1. The summed E-state index contributed by atoms with van der Waals surface area (Å²) < 4.78 is 41.0. The van der Waals surface area contributed by atoms with Gasteiger partial charge in [0.05, 0.1) is 5.69 Å². The molecule has 2 nitrogen and oxygen atoms in total. The second kappa shape index (κ2) is 4.26. The van der Waals surface area contributed by atoms with Crippen molar-refractivity contribution < 1.29 is 18.0 Å². The van der Waals surface area contributed by atoms with E-state index in [1.165, 1.54) is 4.57 Å². The van der Waals surface area contributed by atoms with Gasteiger partial charge >= 0.3 is 0 Å². The van der Waals surface area contributed by atoms with E-state index in [0.717, 1.165) is 17.8 Å². The molecule has 0 bridgehead atoms. The van der Waals surface area contributed by atoms with Gasteiger partial charge < -0.3 is 4.57 Å². The molecule has 0 saturated heterocycles. The van der Waals surface area contributed by atoms with Crippen LogP contribution in [0.25, 0.3) is 5.69 Å². The highest BCUT2D eigenvalue weighted by Gasteiger charge is 2.22. The Hall–Kier alpha value is -2.04. The van der Waals surface area contributed by atoms with Crippen molar-refractivity contribution in [3.05, 3.63) is 53.1 Å². The van der Waals surface area contributed by atoms with Crippen LogP contribution >= 0.6 is 0 Å². The van der Waals surface area contributed by atoms with Crippen LogP contribution < -0.4 is 0 Å². The molecular weight excluding hydrogens is 255 g/mol. The van der Waals surface area contributed by atoms with Gasteiger partial charge in [0.15, 0.2) is 23.2 Å². The SMILES string of the molecule is O=C1CCCc2c1ccn2-c1cc(F)c(F)c(F)c1. The average molecular weight is 265 g/mol. The number of nitrogens with zero attached hydrogens (tertiary/aromatic N) is 1. The van der Waals surface area contributed by atoms with Crippen LogP contribution in [-0.2, 0) is 6.42 Å². The van der Waals surface area contributed by atoms with E-state index < -0.39 is 17.5 Å². The summed E-state index contributed by atoms with van der Waals surface area (Å²) in [5, 5.41) is 0. The minimum Gasteiger partial charge on any atom is -0.320 e. The van der Waals surface area contributed by atoms with Gasteiger partial charge in [-0.2, -0.15) is 0 Å².